The summed E-state index contributed by atoms with van der Waals surface area (Å²) < 4.78 is 15.2. The molecular weight excluding hydrogens is 340 g/mol. The summed E-state index contributed by atoms with van der Waals surface area (Å²) in [6.07, 6.45) is 0.906. The summed E-state index contributed by atoms with van der Waals surface area (Å²) in [7, 11) is 1.51. The zero-order chi connectivity index (χ0) is 19.3. The van der Waals surface area contributed by atoms with Gasteiger partial charge in [0.2, 0.25) is 0 Å². The van der Waals surface area contributed by atoms with Gasteiger partial charge in [-0.15, -0.1) is 0 Å². The second-order valence-electron chi connectivity index (χ2n) is 5.73. The first-order valence-corrected chi connectivity index (χ1v) is 8.36. The van der Waals surface area contributed by atoms with Crippen LogP contribution in [0, 0.1) is 11.8 Å². The van der Waals surface area contributed by atoms with Gasteiger partial charge in [0.15, 0.2) is 5.78 Å². The van der Waals surface area contributed by atoms with Crippen molar-refractivity contribution in [1.29, 1.82) is 0 Å². The zero-order valence-electron chi connectivity index (χ0n) is 14.9. The van der Waals surface area contributed by atoms with E-state index in [0.29, 0.717) is 11.3 Å². The smallest absolute Gasteiger partial charge is 0.317 e. The summed E-state index contributed by atoms with van der Waals surface area (Å²) in [4.78, 5) is 37.3. The molecule has 0 heterocycles. The molecular formula is C19H22O7. The third kappa shape index (κ3) is 3.87. The molecule has 1 aliphatic carbocycles. The number of ketones is 1. The van der Waals surface area contributed by atoms with Gasteiger partial charge in [-0.3, -0.25) is 14.4 Å². The molecule has 7 heteroatoms. The van der Waals surface area contributed by atoms with Crippen LogP contribution in [-0.4, -0.2) is 43.2 Å². The topological polar surface area (TPSA) is 99.1 Å². The lowest BCUT2D eigenvalue weighted by molar-refractivity contribution is -0.156. The van der Waals surface area contributed by atoms with Crippen LogP contribution in [0.2, 0.25) is 0 Å². The van der Waals surface area contributed by atoms with E-state index in [4.69, 9.17) is 14.2 Å². The molecule has 0 spiro atoms. The average molecular weight is 362 g/mol. The molecule has 3 unspecified atom stereocenters. The van der Waals surface area contributed by atoms with Gasteiger partial charge >= 0.3 is 11.9 Å². The Morgan fingerprint density at radius 1 is 1.00 bits per heavy atom. The van der Waals surface area contributed by atoms with E-state index in [1.54, 1.807) is 38.1 Å². The predicted molar refractivity (Wildman–Crippen MR) is 91.7 cm³/mol. The van der Waals surface area contributed by atoms with Crippen molar-refractivity contribution in [2.75, 3.05) is 20.3 Å². The number of hydrogen-bond donors (Lipinski definition) is 1. The van der Waals surface area contributed by atoms with Gasteiger partial charge in [-0.2, -0.15) is 0 Å². The molecule has 0 bridgehead atoms. The molecule has 0 aliphatic heterocycles. The Hall–Kier alpha value is -2.83. The molecule has 0 aromatic heterocycles. The quantitative estimate of drug-likeness (QED) is 0.611. The van der Waals surface area contributed by atoms with Crippen LogP contribution in [0.15, 0.2) is 36.1 Å². The molecule has 0 radical (unpaired) electrons. The zero-order valence-corrected chi connectivity index (χ0v) is 14.9. The molecule has 0 saturated carbocycles. The van der Waals surface area contributed by atoms with Crippen molar-refractivity contribution in [3.63, 3.8) is 0 Å². The van der Waals surface area contributed by atoms with Crippen LogP contribution in [0.5, 0.6) is 5.75 Å². The molecule has 1 N–H and O–H groups in total. The summed E-state index contributed by atoms with van der Waals surface area (Å²) in [6.45, 7) is 3.47. The third-order valence-electron chi connectivity index (χ3n) is 4.22. The number of hydrogen-bond acceptors (Lipinski definition) is 7. The molecule has 7 nitrogen and oxygen atoms in total. The molecule has 1 aromatic rings. The van der Waals surface area contributed by atoms with E-state index in [1.807, 2.05) is 0 Å². The minimum absolute atomic E-state index is 0.0950. The lowest BCUT2D eigenvalue weighted by atomic mass is 9.70. The van der Waals surface area contributed by atoms with Gasteiger partial charge in [0.05, 0.1) is 20.3 Å². The van der Waals surface area contributed by atoms with Crippen LogP contribution in [0.25, 0.3) is 0 Å². The fraction of sp³-hybridized carbons (Fsp3) is 0.421. The predicted octanol–water partition coefficient (Wildman–Crippen LogP) is 2.16. The minimum atomic E-state index is -1.24. The molecule has 26 heavy (non-hydrogen) atoms. The average Bonchev–Trinajstić information content (AvgIpc) is 2.61. The lowest BCUT2D eigenvalue weighted by Gasteiger charge is -2.33. The second kappa shape index (κ2) is 8.51. The van der Waals surface area contributed by atoms with E-state index in [9.17, 15) is 19.5 Å². The molecule has 0 amide bonds. The number of allylic oxidation sites excluding steroid dienone is 1. The van der Waals surface area contributed by atoms with Crippen molar-refractivity contribution < 1.29 is 33.7 Å². The SMILES string of the molecule is CCOC(=O)C1C(=O)C=C(O)C(C(=O)OCC)C1c1ccc(OC)cc1. The Balaban J connectivity index is 2.55. The first-order chi connectivity index (χ1) is 12.4. The number of ether oxygens (including phenoxy) is 3. The number of methoxy groups -OCH3 is 1. The summed E-state index contributed by atoms with van der Waals surface area (Å²) in [6, 6.07) is 6.60. The number of aliphatic hydroxyl groups excluding tert-OH is 1. The Labute approximate surface area is 151 Å². The van der Waals surface area contributed by atoms with Gasteiger partial charge in [-0.05, 0) is 31.5 Å². The highest BCUT2D eigenvalue weighted by atomic mass is 16.5. The maximum atomic E-state index is 12.4. The fourth-order valence-corrected chi connectivity index (χ4v) is 3.08. The first kappa shape index (κ1) is 19.5. The van der Waals surface area contributed by atoms with Crippen molar-refractivity contribution >= 4 is 17.7 Å². The Morgan fingerprint density at radius 2 is 1.54 bits per heavy atom. The molecule has 2 rings (SSSR count). The Morgan fingerprint density at radius 3 is 2.04 bits per heavy atom. The number of carbonyl (C=O) groups excluding carboxylic acids is 3. The monoisotopic (exact) mass is 362 g/mol. The van der Waals surface area contributed by atoms with Crippen LogP contribution in [-0.2, 0) is 23.9 Å². The largest absolute Gasteiger partial charge is 0.511 e. The maximum Gasteiger partial charge on any atom is 0.317 e. The van der Waals surface area contributed by atoms with E-state index in [0.717, 1.165) is 6.08 Å². The summed E-state index contributed by atoms with van der Waals surface area (Å²) in [5, 5.41) is 10.3. The van der Waals surface area contributed by atoms with E-state index >= 15 is 0 Å². The summed E-state index contributed by atoms with van der Waals surface area (Å²) in [5.41, 5.74) is 0.523. The van der Waals surface area contributed by atoms with Gasteiger partial charge in [0.25, 0.3) is 0 Å². The highest BCUT2D eigenvalue weighted by molar-refractivity contribution is 6.08. The van der Waals surface area contributed by atoms with Crippen LogP contribution in [0.4, 0.5) is 0 Å². The molecule has 1 aromatic carbocycles. The van der Waals surface area contributed by atoms with Crippen LogP contribution < -0.4 is 4.74 Å². The third-order valence-corrected chi connectivity index (χ3v) is 4.22. The lowest BCUT2D eigenvalue weighted by Crippen LogP contribution is -2.42. The van der Waals surface area contributed by atoms with Gasteiger partial charge in [-0.1, -0.05) is 12.1 Å². The van der Waals surface area contributed by atoms with Gasteiger partial charge in [0.1, 0.15) is 23.3 Å². The number of benzene rings is 1. The highest BCUT2D eigenvalue weighted by Crippen LogP contribution is 2.41. The maximum absolute atomic E-state index is 12.4. The number of aliphatic hydroxyl groups is 1. The number of rotatable bonds is 6. The van der Waals surface area contributed by atoms with Crippen molar-refractivity contribution in [2.45, 2.75) is 19.8 Å². The van der Waals surface area contributed by atoms with E-state index in [2.05, 4.69) is 0 Å². The normalized spacial score (nSPS) is 22.3. The number of esters is 2. The molecule has 140 valence electrons. The van der Waals surface area contributed by atoms with E-state index in [-0.39, 0.29) is 13.2 Å². The van der Waals surface area contributed by atoms with Crippen molar-refractivity contribution in [3.8, 4) is 5.75 Å². The van der Waals surface area contributed by atoms with E-state index < -0.39 is 41.2 Å². The summed E-state index contributed by atoms with van der Waals surface area (Å²) >= 11 is 0. The Bertz CT molecular complexity index is 705. The van der Waals surface area contributed by atoms with Gasteiger partial charge in [-0.25, -0.2) is 0 Å². The first-order valence-electron chi connectivity index (χ1n) is 8.36. The molecule has 3 atom stereocenters. The second-order valence-corrected chi connectivity index (χ2v) is 5.73. The van der Waals surface area contributed by atoms with Gasteiger partial charge in [0, 0.05) is 12.0 Å². The Kier molecular flexibility index (Phi) is 6.38. The van der Waals surface area contributed by atoms with Crippen molar-refractivity contribution in [3.05, 3.63) is 41.7 Å². The van der Waals surface area contributed by atoms with E-state index in [1.165, 1.54) is 7.11 Å². The van der Waals surface area contributed by atoms with Crippen LogP contribution >= 0.6 is 0 Å². The highest BCUT2D eigenvalue weighted by Gasteiger charge is 2.49. The standard InChI is InChI=1S/C19H22O7/c1-4-25-18(22)16-13(20)10-14(21)17(19(23)26-5-2)15(16)11-6-8-12(24-3)9-7-11/h6-10,15-17,20H,4-5H2,1-3H3. The summed E-state index contributed by atoms with van der Waals surface area (Å²) in [5.74, 6) is -5.24. The fourth-order valence-electron chi connectivity index (χ4n) is 3.08. The minimum Gasteiger partial charge on any atom is -0.511 e. The van der Waals surface area contributed by atoms with Crippen molar-refractivity contribution in [1.82, 2.24) is 0 Å². The molecule has 1 aliphatic rings. The molecule has 0 fully saturated rings. The van der Waals surface area contributed by atoms with Gasteiger partial charge < -0.3 is 19.3 Å². The van der Waals surface area contributed by atoms with Crippen molar-refractivity contribution in [2.24, 2.45) is 11.8 Å². The van der Waals surface area contributed by atoms with Crippen LogP contribution in [0.3, 0.4) is 0 Å². The number of carbonyl (C=O) groups is 3. The molecule has 0 saturated heterocycles. The van der Waals surface area contributed by atoms with Crippen LogP contribution in [0.1, 0.15) is 25.3 Å².